The van der Waals surface area contributed by atoms with Gasteiger partial charge in [-0.1, -0.05) is 39.8 Å². The van der Waals surface area contributed by atoms with Gasteiger partial charge >= 0.3 is 0 Å². The minimum Gasteiger partial charge on any atom is -0.497 e. The SMILES string of the molecule is COc1cccc(CN(C)C(CNCC(C)C)C(C)C)c1. The lowest BCUT2D eigenvalue weighted by Gasteiger charge is -2.32. The van der Waals surface area contributed by atoms with Crippen molar-refractivity contribution in [2.75, 3.05) is 27.2 Å². The van der Waals surface area contributed by atoms with Crippen molar-refractivity contribution in [3.8, 4) is 5.75 Å². The van der Waals surface area contributed by atoms with Crippen LogP contribution < -0.4 is 10.1 Å². The van der Waals surface area contributed by atoms with Crippen LogP contribution in [0.4, 0.5) is 0 Å². The van der Waals surface area contributed by atoms with Crippen LogP contribution in [0.15, 0.2) is 24.3 Å². The number of nitrogens with zero attached hydrogens (tertiary/aromatic N) is 1. The lowest BCUT2D eigenvalue weighted by atomic mass is 10.0. The van der Waals surface area contributed by atoms with Gasteiger partial charge < -0.3 is 10.1 Å². The van der Waals surface area contributed by atoms with Crippen molar-refractivity contribution in [3.05, 3.63) is 29.8 Å². The standard InChI is InChI=1S/C18H32N2O/c1-14(2)11-19-12-18(15(3)4)20(5)13-16-8-7-9-17(10-16)21-6/h7-10,14-15,18-19H,11-13H2,1-6H3. The van der Waals surface area contributed by atoms with Crippen molar-refractivity contribution >= 4 is 0 Å². The Morgan fingerprint density at radius 2 is 1.86 bits per heavy atom. The third kappa shape index (κ3) is 6.49. The summed E-state index contributed by atoms with van der Waals surface area (Å²) in [6.07, 6.45) is 0. The van der Waals surface area contributed by atoms with E-state index in [4.69, 9.17) is 4.74 Å². The van der Waals surface area contributed by atoms with Gasteiger partial charge in [-0.25, -0.2) is 0 Å². The molecule has 3 heteroatoms. The molecule has 0 saturated carbocycles. The van der Waals surface area contributed by atoms with Crippen molar-refractivity contribution in [2.45, 2.75) is 40.3 Å². The van der Waals surface area contributed by atoms with Gasteiger partial charge in [-0.2, -0.15) is 0 Å². The zero-order valence-corrected chi connectivity index (χ0v) is 14.5. The van der Waals surface area contributed by atoms with Crippen LogP contribution >= 0.6 is 0 Å². The predicted octanol–water partition coefficient (Wildman–Crippen LogP) is 3.40. The highest BCUT2D eigenvalue weighted by atomic mass is 16.5. The van der Waals surface area contributed by atoms with Gasteiger partial charge in [-0.05, 0) is 43.1 Å². The third-order valence-corrected chi connectivity index (χ3v) is 3.81. The van der Waals surface area contributed by atoms with Crippen LogP contribution in [0.1, 0.15) is 33.3 Å². The summed E-state index contributed by atoms with van der Waals surface area (Å²) in [5.74, 6) is 2.25. The average Bonchev–Trinajstić information content (AvgIpc) is 2.42. The largest absolute Gasteiger partial charge is 0.497 e. The first-order chi connectivity index (χ1) is 9.93. The number of likely N-dealkylation sites (N-methyl/N-ethyl adjacent to an activating group) is 1. The van der Waals surface area contributed by atoms with Crippen molar-refractivity contribution < 1.29 is 4.74 Å². The summed E-state index contributed by atoms with van der Waals surface area (Å²) < 4.78 is 5.30. The smallest absolute Gasteiger partial charge is 0.119 e. The second-order valence-corrected chi connectivity index (χ2v) is 6.63. The van der Waals surface area contributed by atoms with Gasteiger partial charge in [0.15, 0.2) is 0 Å². The molecule has 0 fully saturated rings. The van der Waals surface area contributed by atoms with E-state index in [0.717, 1.165) is 25.4 Å². The van der Waals surface area contributed by atoms with Crippen LogP contribution in [0.3, 0.4) is 0 Å². The number of ether oxygens (including phenoxy) is 1. The van der Waals surface area contributed by atoms with E-state index in [1.165, 1.54) is 5.56 Å². The van der Waals surface area contributed by atoms with E-state index in [9.17, 15) is 0 Å². The Morgan fingerprint density at radius 1 is 1.14 bits per heavy atom. The molecule has 3 nitrogen and oxygen atoms in total. The van der Waals surface area contributed by atoms with Crippen LogP contribution in [0.2, 0.25) is 0 Å². The fraction of sp³-hybridized carbons (Fsp3) is 0.667. The number of hydrogen-bond acceptors (Lipinski definition) is 3. The second kappa shape index (κ2) is 9.06. The molecule has 0 saturated heterocycles. The Bertz CT molecular complexity index is 404. The summed E-state index contributed by atoms with van der Waals surface area (Å²) >= 11 is 0. The average molecular weight is 292 g/mol. The molecule has 1 atom stereocenters. The first-order valence-corrected chi connectivity index (χ1v) is 7.98. The molecule has 120 valence electrons. The summed E-state index contributed by atoms with van der Waals surface area (Å²) in [5.41, 5.74) is 1.30. The van der Waals surface area contributed by atoms with E-state index in [1.54, 1.807) is 7.11 Å². The van der Waals surface area contributed by atoms with Crippen molar-refractivity contribution in [2.24, 2.45) is 11.8 Å². The van der Waals surface area contributed by atoms with Gasteiger partial charge in [0.05, 0.1) is 7.11 Å². The monoisotopic (exact) mass is 292 g/mol. The van der Waals surface area contributed by atoms with Crippen LogP contribution in [0.25, 0.3) is 0 Å². The minimum atomic E-state index is 0.537. The Labute approximate surface area is 130 Å². The molecule has 0 amide bonds. The third-order valence-electron chi connectivity index (χ3n) is 3.81. The van der Waals surface area contributed by atoms with Crippen molar-refractivity contribution in [1.29, 1.82) is 0 Å². The molecule has 1 aromatic rings. The molecule has 0 heterocycles. The topological polar surface area (TPSA) is 24.5 Å². The zero-order chi connectivity index (χ0) is 15.8. The highest BCUT2D eigenvalue weighted by Crippen LogP contribution is 2.17. The molecule has 1 N–H and O–H groups in total. The quantitative estimate of drug-likeness (QED) is 0.755. The molecule has 21 heavy (non-hydrogen) atoms. The summed E-state index contributed by atoms with van der Waals surface area (Å²) in [7, 11) is 3.93. The van der Waals surface area contributed by atoms with Crippen molar-refractivity contribution in [3.63, 3.8) is 0 Å². The fourth-order valence-corrected chi connectivity index (χ4v) is 2.60. The lowest BCUT2D eigenvalue weighted by Crippen LogP contribution is -2.43. The molecule has 0 bridgehead atoms. The number of rotatable bonds is 9. The minimum absolute atomic E-state index is 0.537. The second-order valence-electron chi connectivity index (χ2n) is 6.63. The molecule has 1 unspecified atom stereocenters. The Morgan fingerprint density at radius 3 is 2.43 bits per heavy atom. The summed E-state index contributed by atoms with van der Waals surface area (Å²) in [6.45, 7) is 12.2. The summed E-state index contributed by atoms with van der Waals surface area (Å²) in [6, 6.07) is 8.87. The van der Waals surface area contributed by atoms with Crippen LogP contribution in [0.5, 0.6) is 5.75 Å². The molecule has 0 aliphatic rings. The molecule has 1 aromatic carbocycles. The number of nitrogens with one attached hydrogen (secondary N) is 1. The van der Waals surface area contributed by atoms with Gasteiger partial charge in [0.2, 0.25) is 0 Å². The van der Waals surface area contributed by atoms with Crippen LogP contribution in [0, 0.1) is 11.8 Å². The van der Waals surface area contributed by atoms with Crippen LogP contribution in [-0.4, -0.2) is 38.2 Å². The van der Waals surface area contributed by atoms with E-state index in [0.29, 0.717) is 17.9 Å². The van der Waals surface area contributed by atoms with Gasteiger partial charge in [0.25, 0.3) is 0 Å². The molecule has 0 radical (unpaired) electrons. The maximum atomic E-state index is 5.30. The summed E-state index contributed by atoms with van der Waals surface area (Å²) in [4.78, 5) is 2.44. The van der Waals surface area contributed by atoms with Crippen molar-refractivity contribution in [1.82, 2.24) is 10.2 Å². The lowest BCUT2D eigenvalue weighted by molar-refractivity contribution is 0.178. The van der Waals surface area contributed by atoms with E-state index in [1.807, 2.05) is 6.07 Å². The molecule has 0 aliphatic heterocycles. The Kier molecular flexibility index (Phi) is 7.76. The molecule has 1 rings (SSSR count). The predicted molar refractivity (Wildman–Crippen MR) is 90.8 cm³/mol. The maximum Gasteiger partial charge on any atom is 0.119 e. The fourth-order valence-electron chi connectivity index (χ4n) is 2.60. The van der Waals surface area contributed by atoms with Gasteiger partial charge in [0, 0.05) is 19.1 Å². The number of hydrogen-bond donors (Lipinski definition) is 1. The molecule has 0 aromatic heterocycles. The molecule has 0 aliphatic carbocycles. The van der Waals surface area contributed by atoms with E-state index in [2.05, 4.69) is 63.2 Å². The van der Waals surface area contributed by atoms with Gasteiger partial charge in [-0.15, -0.1) is 0 Å². The van der Waals surface area contributed by atoms with Gasteiger partial charge in [0.1, 0.15) is 5.75 Å². The molecular weight excluding hydrogens is 260 g/mol. The number of methoxy groups -OCH3 is 1. The molecule has 0 spiro atoms. The zero-order valence-electron chi connectivity index (χ0n) is 14.5. The maximum absolute atomic E-state index is 5.30. The summed E-state index contributed by atoms with van der Waals surface area (Å²) in [5, 5.41) is 3.59. The highest BCUT2D eigenvalue weighted by Gasteiger charge is 2.18. The highest BCUT2D eigenvalue weighted by molar-refractivity contribution is 5.28. The first-order valence-electron chi connectivity index (χ1n) is 7.98. The van der Waals surface area contributed by atoms with E-state index >= 15 is 0 Å². The van der Waals surface area contributed by atoms with Crippen LogP contribution in [-0.2, 0) is 6.54 Å². The normalized spacial score (nSPS) is 13.2. The Balaban J connectivity index is 2.61. The first kappa shape index (κ1) is 18.0. The number of benzene rings is 1. The van der Waals surface area contributed by atoms with E-state index < -0.39 is 0 Å². The molecular formula is C18H32N2O. The Hall–Kier alpha value is -1.06. The van der Waals surface area contributed by atoms with E-state index in [-0.39, 0.29) is 0 Å². The van der Waals surface area contributed by atoms with Gasteiger partial charge in [-0.3, -0.25) is 4.90 Å².